The summed E-state index contributed by atoms with van der Waals surface area (Å²) in [6, 6.07) is 17.6. The van der Waals surface area contributed by atoms with Gasteiger partial charge in [0.1, 0.15) is 0 Å². The lowest BCUT2D eigenvalue weighted by Crippen LogP contribution is -2.52. The van der Waals surface area contributed by atoms with Gasteiger partial charge in [-0.15, -0.1) is 11.8 Å². The summed E-state index contributed by atoms with van der Waals surface area (Å²) in [7, 11) is 1.85. The molecule has 6 heteroatoms. The summed E-state index contributed by atoms with van der Waals surface area (Å²) >= 11 is 7.90. The fourth-order valence-electron chi connectivity index (χ4n) is 4.20. The van der Waals surface area contributed by atoms with Crippen molar-refractivity contribution in [3.63, 3.8) is 0 Å². The molecule has 3 unspecified atom stereocenters. The van der Waals surface area contributed by atoms with Gasteiger partial charge in [-0.2, -0.15) is 0 Å². The quantitative estimate of drug-likeness (QED) is 0.698. The number of nitrogens with zero attached hydrogens (tertiary/aromatic N) is 1. The number of thioether (sulfide) groups is 1. The van der Waals surface area contributed by atoms with Gasteiger partial charge in [0.25, 0.3) is 5.91 Å². The van der Waals surface area contributed by atoms with Crippen molar-refractivity contribution in [1.82, 2.24) is 10.2 Å². The van der Waals surface area contributed by atoms with Crippen molar-refractivity contribution in [3.8, 4) is 0 Å². The molecule has 2 aromatic carbocycles. The molecule has 2 aliphatic rings. The Hall–Kier alpha value is -2.24. The summed E-state index contributed by atoms with van der Waals surface area (Å²) in [5, 5.41) is 4.01. The zero-order chi connectivity index (χ0) is 21.1. The van der Waals surface area contributed by atoms with Crippen molar-refractivity contribution in [2.75, 3.05) is 7.05 Å². The lowest BCUT2D eigenvalue weighted by atomic mass is 9.83. The zero-order valence-electron chi connectivity index (χ0n) is 16.9. The van der Waals surface area contributed by atoms with E-state index < -0.39 is 0 Å². The number of hydrogen-bond donors (Lipinski definition) is 1. The topological polar surface area (TPSA) is 49.4 Å². The van der Waals surface area contributed by atoms with Crippen molar-refractivity contribution in [1.29, 1.82) is 0 Å². The second kappa shape index (κ2) is 9.27. The van der Waals surface area contributed by atoms with Gasteiger partial charge >= 0.3 is 0 Å². The lowest BCUT2D eigenvalue weighted by Gasteiger charge is -2.44. The summed E-state index contributed by atoms with van der Waals surface area (Å²) in [6.07, 6.45) is 4.35. The number of hydrogen-bond acceptors (Lipinski definition) is 3. The van der Waals surface area contributed by atoms with E-state index in [1.54, 1.807) is 11.8 Å². The maximum absolute atomic E-state index is 13.0. The van der Waals surface area contributed by atoms with Gasteiger partial charge in [0.05, 0.1) is 4.91 Å². The van der Waals surface area contributed by atoms with Crippen molar-refractivity contribution in [3.05, 3.63) is 75.7 Å². The number of rotatable bonds is 4. The number of benzene rings is 2. The van der Waals surface area contributed by atoms with E-state index in [9.17, 15) is 9.59 Å². The molecular weight excluding hydrogens is 416 g/mol. The fraction of sp³-hybridized carbons (Fsp3) is 0.333. The van der Waals surface area contributed by atoms with E-state index in [4.69, 9.17) is 11.6 Å². The van der Waals surface area contributed by atoms with E-state index >= 15 is 0 Å². The first kappa shape index (κ1) is 21.0. The molecule has 0 bridgehead atoms. The minimum absolute atomic E-state index is 0.00603. The molecule has 156 valence electrons. The molecule has 0 radical (unpaired) electrons. The molecule has 1 N–H and O–H groups in total. The molecule has 1 aliphatic carbocycles. The van der Waals surface area contributed by atoms with Crippen LogP contribution in [0.25, 0.3) is 6.08 Å². The Labute approximate surface area is 186 Å². The van der Waals surface area contributed by atoms with Crippen LogP contribution in [0.3, 0.4) is 0 Å². The first-order valence-electron chi connectivity index (χ1n) is 10.2. The minimum atomic E-state index is -0.0556. The summed E-state index contributed by atoms with van der Waals surface area (Å²) < 4.78 is 0. The highest BCUT2D eigenvalue weighted by Crippen LogP contribution is 2.43. The van der Waals surface area contributed by atoms with Crippen LogP contribution >= 0.6 is 23.4 Å². The summed E-state index contributed by atoms with van der Waals surface area (Å²) in [4.78, 5) is 28.2. The monoisotopic (exact) mass is 440 g/mol. The molecule has 1 saturated carbocycles. The molecule has 4 nitrogen and oxygen atoms in total. The molecule has 2 amide bonds. The lowest BCUT2D eigenvalue weighted by molar-refractivity contribution is -0.132. The van der Waals surface area contributed by atoms with Gasteiger partial charge in [0.2, 0.25) is 5.91 Å². The van der Waals surface area contributed by atoms with Gasteiger partial charge in [-0.1, -0.05) is 60.1 Å². The Balaban J connectivity index is 1.41. The highest BCUT2D eigenvalue weighted by molar-refractivity contribution is 8.04. The number of halogens is 1. The first-order valence-corrected chi connectivity index (χ1v) is 11.5. The van der Waals surface area contributed by atoms with Crippen LogP contribution in [0.5, 0.6) is 0 Å². The minimum Gasteiger partial charge on any atom is -0.352 e. The number of carbonyl (C=O) groups is 2. The number of carbonyl (C=O) groups excluding carboxylic acids is 2. The molecule has 0 aromatic heterocycles. The largest absolute Gasteiger partial charge is 0.352 e. The third-order valence-electron chi connectivity index (χ3n) is 5.93. The highest BCUT2D eigenvalue weighted by Gasteiger charge is 2.42. The Morgan fingerprint density at radius 1 is 1.17 bits per heavy atom. The molecule has 4 rings (SSSR count). The molecule has 30 heavy (non-hydrogen) atoms. The Bertz CT molecular complexity index is 963. The van der Waals surface area contributed by atoms with Crippen molar-refractivity contribution in [2.24, 2.45) is 5.92 Å². The van der Waals surface area contributed by atoms with E-state index in [0.717, 1.165) is 28.9 Å². The van der Waals surface area contributed by atoms with Gasteiger partial charge in [-0.3, -0.25) is 9.59 Å². The van der Waals surface area contributed by atoms with E-state index in [1.807, 2.05) is 72.6 Å². The van der Waals surface area contributed by atoms with Gasteiger partial charge in [0.15, 0.2) is 0 Å². The summed E-state index contributed by atoms with van der Waals surface area (Å²) in [5.41, 5.74) is 1.95. The van der Waals surface area contributed by atoms with Crippen LogP contribution in [-0.2, 0) is 16.1 Å². The second-order valence-corrected chi connectivity index (χ2v) is 9.57. The molecule has 2 aromatic rings. The van der Waals surface area contributed by atoms with E-state index in [0.29, 0.717) is 23.2 Å². The fourth-order valence-corrected chi connectivity index (χ4v) is 5.86. The van der Waals surface area contributed by atoms with E-state index in [2.05, 4.69) is 5.32 Å². The number of likely N-dealkylation sites (N-methyl/N-ethyl adjacent to an activating group) is 1. The van der Waals surface area contributed by atoms with Crippen LogP contribution in [0.4, 0.5) is 0 Å². The van der Waals surface area contributed by atoms with Crippen LogP contribution in [-0.4, -0.2) is 35.1 Å². The Kier molecular flexibility index (Phi) is 6.49. The molecular formula is C24H25ClN2O2S. The smallest absolute Gasteiger partial charge is 0.260 e. The molecule has 1 heterocycles. The standard InChI is InChI=1S/C24H25ClN2O2S/c1-27-20-13-18(23(28)26-15-16-7-3-2-4-8-16)11-12-21(20)30-22(24(27)29)14-17-9-5-6-10-19(17)25/h2-10,14,18,20-21H,11-13,15H2,1H3,(H,26,28)/b22-14-. The van der Waals surface area contributed by atoms with Crippen LogP contribution in [0, 0.1) is 5.92 Å². The van der Waals surface area contributed by atoms with Crippen molar-refractivity contribution in [2.45, 2.75) is 37.1 Å². The third-order valence-corrected chi connectivity index (χ3v) is 7.68. The number of nitrogens with one attached hydrogen (secondary N) is 1. The molecule has 1 saturated heterocycles. The average molecular weight is 441 g/mol. The third kappa shape index (κ3) is 4.57. The molecule has 1 aliphatic heterocycles. The van der Waals surface area contributed by atoms with E-state index in [-0.39, 0.29) is 23.8 Å². The maximum Gasteiger partial charge on any atom is 0.260 e. The average Bonchev–Trinajstić information content (AvgIpc) is 2.77. The number of fused-ring (bicyclic) bond motifs is 1. The maximum atomic E-state index is 13.0. The van der Waals surface area contributed by atoms with Crippen molar-refractivity contribution < 1.29 is 9.59 Å². The van der Waals surface area contributed by atoms with Crippen LogP contribution in [0.1, 0.15) is 30.4 Å². The number of amides is 2. The first-order chi connectivity index (χ1) is 14.5. The predicted octanol–water partition coefficient (Wildman–Crippen LogP) is 4.74. The van der Waals surface area contributed by atoms with Gasteiger partial charge in [0, 0.05) is 35.8 Å². The molecule has 2 fully saturated rings. The Morgan fingerprint density at radius 3 is 2.67 bits per heavy atom. The summed E-state index contributed by atoms with van der Waals surface area (Å²) in [6.45, 7) is 0.540. The van der Waals surface area contributed by atoms with Gasteiger partial charge in [-0.25, -0.2) is 0 Å². The zero-order valence-corrected chi connectivity index (χ0v) is 18.5. The van der Waals surface area contributed by atoms with Crippen LogP contribution in [0.15, 0.2) is 59.5 Å². The molecule has 3 atom stereocenters. The SMILES string of the molecule is CN1C(=O)/C(=C/c2ccccc2Cl)SC2CCC(C(=O)NCc3ccccc3)CC21. The van der Waals surface area contributed by atoms with Crippen LogP contribution < -0.4 is 5.32 Å². The van der Waals surface area contributed by atoms with Gasteiger partial charge in [-0.05, 0) is 42.5 Å². The normalized spacial score (nSPS) is 25.1. The highest BCUT2D eigenvalue weighted by atomic mass is 35.5. The predicted molar refractivity (Wildman–Crippen MR) is 123 cm³/mol. The molecule has 0 spiro atoms. The van der Waals surface area contributed by atoms with Gasteiger partial charge < -0.3 is 10.2 Å². The van der Waals surface area contributed by atoms with Crippen molar-refractivity contribution >= 4 is 41.3 Å². The van der Waals surface area contributed by atoms with E-state index in [1.165, 1.54) is 0 Å². The summed E-state index contributed by atoms with van der Waals surface area (Å²) in [5.74, 6) is 0.0342. The second-order valence-electron chi connectivity index (χ2n) is 7.88. The Morgan fingerprint density at radius 2 is 1.90 bits per heavy atom. The van der Waals surface area contributed by atoms with Crippen LogP contribution in [0.2, 0.25) is 5.02 Å².